The molecule has 0 aromatic heterocycles. The highest BCUT2D eigenvalue weighted by atomic mass is 16.6. The van der Waals surface area contributed by atoms with Gasteiger partial charge >= 0.3 is 0 Å². The lowest BCUT2D eigenvalue weighted by Crippen LogP contribution is -2.33. The first-order chi connectivity index (χ1) is 9.61. The summed E-state index contributed by atoms with van der Waals surface area (Å²) < 4.78 is 0. The normalized spacial score (nSPS) is 28.2. The molecule has 6 heteroatoms. The molecule has 6 nitrogen and oxygen atoms in total. The summed E-state index contributed by atoms with van der Waals surface area (Å²) in [6.45, 7) is 5.10. The van der Waals surface area contributed by atoms with Crippen molar-refractivity contribution in [3.8, 4) is 6.07 Å². The van der Waals surface area contributed by atoms with Crippen molar-refractivity contribution in [2.45, 2.75) is 13.0 Å². The van der Waals surface area contributed by atoms with Crippen molar-refractivity contribution >= 4 is 11.4 Å². The van der Waals surface area contributed by atoms with Crippen LogP contribution in [0.15, 0.2) is 18.2 Å². The third-order valence-corrected chi connectivity index (χ3v) is 4.56. The molecule has 3 rings (SSSR count). The summed E-state index contributed by atoms with van der Waals surface area (Å²) in [6.07, 6.45) is 0. The number of nitro benzene ring substituents is 1. The van der Waals surface area contributed by atoms with Gasteiger partial charge < -0.3 is 10.2 Å². The molecule has 0 bridgehead atoms. The third kappa shape index (κ3) is 1.91. The number of non-ortho nitro benzene ring substituents is 1. The van der Waals surface area contributed by atoms with Gasteiger partial charge in [-0.1, -0.05) is 0 Å². The summed E-state index contributed by atoms with van der Waals surface area (Å²) in [5.41, 5.74) is 1.18. The number of benzene rings is 1. The average molecular weight is 272 g/mol. The van der Waals surface area contributed by atoms with E-state index >= 15 is 0 Å². The van der Waals surface area contributed by atoms with Gasteiger partial charge in [0.2, 0.25) is 0 Å². The van der Waals surface area contributed by atoms with Crippen LogP contribution in [-0.2, 0) is 0 Å². The Balaban J connectivity index is 1.95. The fourth-order valence-electron chi connectivity index (χ4n) is 3.46. The molecule has 1 aromatic carbocycles. The van der Waals surface area contributed by atoms with Crippen LogP contribution in [0.2, 0.25) is 0 Å². The van der Waals surface area contributed by atoms with E-state index in [4.69, 9.17) is 0 Å². The van der Waals surface area contributed by atoms with Crippen LogP contribution >= 0.6 is 0 Å². The van der Waals surface area contributed by atoms with Gasteiger partial charge in [-0.2, -0.15) is 5.26 Å². The SMILES string of the molecule is CC1C2CNCC2CN1c1ccc([N+](=O)[O-])cc1C#N. The summed E-state index contributed by atoms with van der Waals surface area (Å²) in [6, 6.07) is 7.00. The molecule has 1 N–H and O–H groups in total. The molecule has 2 saturated heterocycles. The number of nitrogens with zero attached hydrogens (tertiary/aromatic N) is 3. The van der Waals surface area contributed by atoms with Gasteiger partial charge in [-0.05, 0) is 24.8 Å². The first-order valence-electron chi connectivity index (χ1n) is 6.77. The quantitative estimate of drug-likeness (QED) is 0.652. The molecule has 104 valence electrons. The fraction of sp³-hybridized carbons (Fsp3) is 0.500. The van der Waals surface area contributed by atoms with Crippen LogP contribution in [0.4, 0.5) is 11.4 Å². The summed E-state index contributed by atoms with van der Waals surface area (Å²) in [4.78, 5) is 12.6. The molecule has 0 saturated carbocycles. The molecule has 2 fully saturated rings. The second kappa shape index (κ2) is 4.76. The van der Waals surface area contributed by atoms with Crippen molar-refractivity contribution < 1.29 is 4.92 Å². The Morgan fingerprint density at radius 3 is 2.95 bits per heavy atom. The highest BCUT2D eigenvalue weighted by Crippen LogP contribution is 2.37. The molecule has 0 amide bonds. The number of nitriles is 1. The van der Waals surface area contributed by atoms with E-state index < -0.39 is 4.92 Å². The van der Waals surface area contributed by atoms with Crippen LogP contribution in [0.1, 0.15) is 12.5 Å². The Labute approximate surface area is 117 Å². The highest BCUT2D eigenvalue weighted by molar-refractivity contribution is 5.64. The van der Waals surface area contributed by atoms with Gasteiger partial charge in [0.1, 0.15) is 6.07 Å². The van der Waals surface area contributed by atoms with Crippen molar-refractivity contribution in [3.05, 3.63) is 33.9 Å². The fourth-order valence-corrected chi connectivity index (χ4v) is 3.46. The minimum Gasteiger partial charge on any atom is -0.367 e. The number of rotatable bonds is 2. The lowest BCUT2D eigenvalue weighted by atomic mass is 9.95. The van der Waals surface area contributed by atoms with Gasteiger partial charge in [0.25, 0.3) is 5.69 Å². The topological polar surface area (TPSA) is 82.2 Å². The van der Waals surface area contributed by atoms with Crippen molar-refractivity contribution in [1.29, 1.82) is 5.26 Å². The number of anilines is 1. The second-order valence-electron chi connectivity index (χ2n) is 5.55. The monoisotopic (exact) mass is 272 g/mol. The van der Waals surface area contributed by atoms with Crippen molar-refractivity contribution in [2.75, 3.05) is 24.5 Å². The third-order valence-electron chi connectivity index (χ3n) is 4.56. The zero-order valence-electron chi connectivity index (χ0n) is 11.2. The van der Waals surface area contributed by atoms with E-state index in [0.29, 0.717) is 23.4 Å². The van der Waals surface area contributed by atoms with E-state index in [2.05, 4.69) is 23.2 Å². The Kier molecular flexibility index (Phi) is 3.07. The van der Waals surface area contributed by atoms with Crippen LogP contribution < -0.4 is 10.2 Å². The van der Waals surface area contributed by atoms with Crippen molar-refractivity contribution in [2.24, 2.45) is 11.8 Å². The molecule has 3 unspecified atom stereocenters. The van der Waals surface area contributed by atoms with E-state index in [0.717, 1.165) is 25.3 Å². The largest absolute Gasteiger partial charge is 0.367 e. The lowest BCUT2D eigenvalue weighted by Gasteiger charge is -2.27. The van der Waals surface area contributed by atoms with Gasteiger partial charge in [-0.25, -0.2) is 0 Å². The summed E-state index contributed by atoms with van der Waals surface area (Å²) in [7, 11) is 0. The minimum atomic E-state index is -0.462. The standard InChI is InChI=1S/C14H16N4O2/c1-9-13-7-16-6-11(13)8-17(9)14-3-2-12(18(19)20)4-10(14)5-15/h2-4,9,11,13,16H,6-8H2,1H3. The number of hydrogen-bond donors (Lipinski definition) is 1. The molecular formula is C14H16N4O2. The highest BCUT2D eigenvalue weighted by Gasteiger charge is 2.42. The maximum Gasteiger partial charge on any atom is 0.270 e. The van der Waals surface area contributed by atoms with Crippen LogP contribution in [0.25, 0.3) is 0 Å². The Bertz CT molecular complexity index is 595. The molecule has 2 heterocycles. The van der Waals surface area contributed by atoms with Gasteiger partial charge in [0.15, 0.2) is 0 Å². The van der Waals surface area contributed by atoms with Gasteiger partial charge in [0.05, 0.1) is 16.2 Å². The van der Waals surface area contributed by atoms with Crippen LogP contribution in [0, 0.1) is 33.3 Å². The summed E-state index contributed by atoms with van der Waals surface area (Å²) in [5.74, 6) is 1.20. The first kappa shape index (κ1) is 12.9. The summed E-state index contributed by atoms with van der Waals surface area (Å²) >= 11 is 0. The Morgan fingerprint density at radius 2 is 2.30 bits per heavy atom. The predicted molar refractivity (Wildman–Crippen MR) is 74.5 cm³/mol. The number of hydrogen-bond acceptors (Lipinski definition) is 5. The lowest BCUT2D eigenvalue weighted by molar-refractivity contribution is -0.384. The van der Waals surface area contributed by atoms with Gasteiger partial charge in [0, 0.05) is 37.8 Å². The predicted octanol–water partition coefficient (Wildman–Crippen LogP) is 1.51. The zero-order valence-corrected chi connectivity index (χ0v) is 11.2. The van der Waals surface area contributed by atoms with Crippen LogP contribution in [0.5, 0.6) is 0 Å². The molecule has 3 atom stereocenters. The molecular weight excluding hydrogens is 256 g/mol. The van der Waals surface area contributed by atoms with E-state index in [1.807, 2.05) is 0 Å². The van der Waals surface area contributed by atoms with Gasteiger partial charge in [-0.15, -0.1) is 0 Å². The summed E-state index contributed by atoms with van der Waals surface area (Å²) in [5, 5.41) is 23.5. The van der Waals surface area contributed by atoms with E-state index in [1.165, 1.54) is 12.1 Å². The Hall–Kier alpha value is -2.13. The smallest absolute Gasteiger partial charge is 0.270 e. The van der Waals surface area contributed by atoms with Crippen LogP contribution in [-0.4, -0.2) is 30.6 Å². The van der Waals surface area contributed by atoms with Crippen LogP contribution in [0.3, 0.4) is 0 Å². The van der Waals surface area contributed by atoms with E-state index in [9.17, 15) is 15.4 Å². The second-order valence-corrected chi connectivity index (χ2v) is 5.55. The molecule has 2 aliphatic rings. The van der Waals surface area contributed by atoms with E-state index in [-0.39, 0.29) is 5.69 Å². The van der Waals surface area contributed by atoms with Gasteiger partial charge in [-0.3, -0.25) is 10.1 Å². The molecule has 0 aliphatic carbocycles. The average Bonchev–Trinajstić information content (AvgIpc) is 3.01. The minimum absolute atomic E-state index is 0.0287. The number of nitro groups is 1. The Morgan fingerprint density at radius 1 is 1.50 bits per heavy atom. The maximum absolute atomic E-state index is 10.8. The van der Waals surface area contributed by atoms with Crippen molar-refractivity contribution in [3.63, 3.8) is 0 Å². The maximum atomic E-state index is 10.8. The number of nitrogens with one attached hydrogen (secondary N) is 1. The number of fused-ring (bicyclic) bond motifs is 1. The molecule has 0 spiro atoms. The van der Waals surface area contributed by atoms with Crippen molar-refractivity contribution in [1.82, 2.24) is 5.32 Å². The van der Waals surface area contributed by atoms with E-state index in [1.54, 1.807) is 6.07 Å². The zero-order chi connectivity index (χ0) is 14.3. The molecule has 20 heavy (non-hydrogen) atoms. The first-order valence-corrected chi connectivity index (χ1v) is 6.77. The molecule has 1 aromatic rings. The molecule has 0 radical (unpaired) electrons. The molecule has 2 aliphatic heterocycles.